The first-order valence-corrected chi connectivity index (χ1v) is 9.67. The molecule has 28 heavy (non-hydrogen) atoms. The summed E-state index contributed by atoms with van der Waals surface area (Å²) in [6.07, 6.45) is 3.26. The molecule has 0 aliphatic heterocycles. The van der Waals surface area contributed by atoms with Crippen molar-refractivity contribution in [3.05, 3.63) is 70.5 Å². The monoisotopic (exact) mass is 378 g/mol. The number of rotatable bonds is 7. The van der Waals surface area contributed by atoms with Crippen molar-refractivity contribution < 1.29 is 9.90 Å². The van der Waals surface area contributed by atoms with Crippen LogP contribution in [-0.4, -0.2) is 28.7 Å². The third-order valence-electron chi connectivity index (χ3n) is 4.97. The molecule has 3 aromatic rings. The number of pyridine rings is 1. The number of hydrogen-bond donors (Lipinski definition) is 2. The Labute approximate surface area is 164 Å². The van der Waals surface area contributed by atoms with Gasteiger partial charge in [0.1, 0.15) is 6.04 Å². The predicted octanol–water partition coefficient (Wildman–Crippen LogP) is 3.43. The Kier molecular flexibility index (Phi) is 6.26. The molecule has 3 rings (SSSR count). The van der Waals surface area contributed by atoms with E-state index in [2.05, 4.69) is 5.32 Å². The lowest BCUT2D eigenvalue weighted by atomic mass is 10.00. The van der Waals surface area contributed by atoms with E-state index in [0.29, 0.717) is 17.4 Å². The van der Waals surface area contributed by atoms with Gasteiger partial charge in [0.2, 0.25) is 5.91 Å². The second-order valence-corrected chi connectivity index (χ2v) is 6.93. The molecular weight excluding hydrogens is 352 g/mol. The fourth-order valence-corrected chi connectivity index (χ4v) is 3.61. The zero-order chi connectivity index (χ0) is 20.1. The van der Waals surface area contributed by atoms with Crippen LogP contribution >= 0.6 is 0 Å². The number of aryl methyl sites for hydroxylation is 1. The van der Waals surface area contributed by atoms with Crippen LogP contribution in [0.1, 0.15) is 31.4 Å². The molecule has 2 aromatic carbocycles. The van der Waals surface area contributed by atoms with Gasteiger partial charge in [-0.2, -0.15) is 0 Å². The van der Waals surface area contributed by atoms with Gasteiger partial charge in [0.05, 0.1) is 12.1 Å². The maximum atomic E-state index is 13.3. The first kappa shape index (κ1) is 19.8. The van der Waals surface area contributed by atoms with Gasteiger partial charge >= 0.3 is 0 Å². The zero-order valence-electron chi connectivity index (χ0n) is 16.3. The predicted molar refractivity (Wildman–Crippen MR) is 112 cm³/mol. The zero-order valence-corrected chi connectivity index (χ0v) is 16.3. The number of amides is 1. The Bertz CT molecular complexity index is 1030. The molecule has 1 unspecified atom stereocenters. The molecule has 0 aliphatic carbocycles. The number of aliphatic hydroxyl groups is 1. The van der Waals surface area contributed by atoms with Gasteiger partial charge in [-0.3, -0.25) is 9.59 Å². The summed E-state index contributed by atoms with van der Waals surface area (Å²) in [5, 5.41) is 12.5. The number of nitrogens with one attached hydrogen (secondary N) is 1. The SMILES string of the molecule is CCCC(C(=O)NCCO)n1cc(-c2ccccc2)c(=O)c2c(C)cccc21. The standard InChI is InChI=1S/C23H26N2O3/c1-3-8-20(23(28)24-13-14-26)25-15-18(17-10-5-4-6-11-17)22(27)21-16(2)9-7-12-19(21)25/h4-7,9-12,15,20,26H,3,8,13-14H2,1-2H3,(H,24,28). The number of carbonyl (C=O) groups excluding carboxylic acids is 1. The van der Waals surface area contributed by atoms with Crippen molar-refractivity contribution in [2.45, 2.75) is 32.7 Å². The van der Waals surface area contributed by atoms with Gasteiger partial charge in [-0.05, 0) is 30.5 Å². The molecular formula is C23H26N2O3. The molecule has 5 heteroatoms. The number of carbonyl (C=O) groups is 1. The van der Waals surface area contributed by atoms with Gasteiger partial charge < -0.3 is 15.0 Å². The highest BCUT2D eigenvalue weighted by Crippen LogP contribution is 2.26. The summed E-state index contributed by atoms with van der Waals surface area (Å²) in [4.78, 5) is 26.1. The molecule has 0 fully saturated rings. The third-order valence-corrected chi connectivity index (χ3v) is 4.97. The molecule has 0 aliphatic rings. The molecule has 1 aromatic heterocycles. The van der Waals surface area contributed by atoms with Crippen LogP contribution in [0.4, 0.5) is 0 Å². The van der Waals surface area contributed by atoms with Crippen LogP contribution in [0.25, 0.3) is 22.0 Å². The Morgan fingerprint density at radius 3 is 2.57 bits per heavy atom. The molecule has 1 atom stereocenters. The summed E-state index contributed by atoms with van der Waals surface area (Å²) in [5.74, 6) is -0.152. The summed E-state index contributed by atoms with van der Waals surface area (Å²) < 4.78 is 1.92. The van der Waals surface area contributed by atoms with Gasteiger partial charge in [-0.1, -0.05) is 55.8 Å². The summed E-state index contributed by atoms with van der Waals surface area (Å²) in [6, 6.07) is 14.8. The summed E-state index contributed by atoms with van der Waals surface area (Å²) in [6.45, 7) is 4.05. The molecule has 1 amide bonds. The average molecular weight is 378 g/mol. The molecule has 1 heterocycles. The largest absolute Gasteiger partial charge is 0.395 e. The van der Waals surface area contributed by atoms with Gasteiger partial charge in [-0.15, -0.1) is 0 Å². The van der Waals surface area contributed by atoms with E-state index in [4.69, 9.17) is 5.11 Å². The third kappa shape index (κ3) is 3.85. The van der Waals surface area contributed by atoms with Crippen LogP contribution < -0.4 is 10.7 Å². The molecule has 0 bridgehead atoms. The Balaban J connectivity index is 2.28. The lowest BCUT2D eigenvalue weighted by Crippen LogP contribution is -2.35. The van der Waals surface area contributed by atoms with Crippen molar-refractivity contribution in [3.8, 4) is 11.1 Å². The van der Waals surface area contributed by atoms with Gasteiger partial charge in [0.25, 0.3) is 0 Å². The van der Waals surface area contributed by atoms with Crippen LogP contribution in [-0.2, 0) is 4.79 Å². The minimum Gasteiger partial charge on any atom is -0.395 e. The van der Waals surface area contributed by atoms with Crippen molar-refractivity contribution in [2.75, 3.05) is 13.2 Å². The molecule has 5 nitrogen and oxygen atoms in total. The lowest BCUT2D eigenvalue weighted by molar-refractivity contribution is -0.124. The highest BCUT2D eigenvalue weighted by Gasteiger charge is 2.23. The number of nitrogens with zero attached hydrogens (tertiary/aromatic N) is 1. The first-order chi connectivity index (χ1) is 13.6. The lowest BCUT2D eigenvalue weighted by Gasteiger charge is -2.23. The van der Waals surface area contributed by atoms with Crippen LogP contribution in [0.5, 0.6) is 0 Å². The fraction of sp³-hybridized carbons (Fsp3) is 0.304. The highest BCUT2D eigenvalue weighted by molar-refractivity contribution is 5.89. The van der Waals surface area contributed by atoms with Crippen LogP contribution in [0.15, 0.2) is 59.5 Å². The normalized spacial score (nSPS) is 12.1. The number of hydrogen-bond acceptors (Lipinski definition) is 3. The maximum Gasteiger partial charge on any atom is 0.243 e. The van der Waals surface area contributed by atoms with Crippen LogP contribution in [0.3, 0.4) is 0 Å². The molecule has 146 valence electrons. The Morgan fingerprint density at radius 2 is 1.89 bits per heavy atom. The number of benzene rings is 2. The van der Waals surface area contributed by atoms with E-state index >= 15 is 0 Å². The molecule has 0 saturated carbocycles. The fourth-order valence-electron chi connectivity index (χ4n) is 3.61. The minimum absolute atomic E-state index is 0.0263. The number of aliphatic hydroxyl groups excluding tert-OH is 1. The highest BCUT2D eigenvalue weighted by atomic mass is 16.3. The number of fused-ring (bicyclic) bond motifs is 1. The summed E-state index contributed by atoms with van der Waals surface area (Å²) >= 11 is 0. The van der Waals surface area contributed by atoms with Crippen molar-refractivity contribution >= 4 is 16.8 Å². The van der Waals surface area contributed by atoms with E-state index in [1.165, 1.54) is 0 Å². The van der Waals surface area contributed by atoms with E-state index in [9.17, 15) is 9.59 Å². The van der Waals surface area contributed by atoms with Crippen molar-refractivity contribution in [1.82, 2.24) is 9.88 Å². The Morgan fingerprint density at radius 1 is 1.14 bits per heavy atom. The Hall–Kier alpha value is -2.92. The van der Waals surface area contributed by atoms with E-state index in [1.54, 1.807) is 6.20 Å². The number of aromatic nitrogens is 1. The van der Waals surface area contributed by atoms with E-state index < -0.39 is 6.04 Å². The van der Waals surface area contributed by atoms with E-state index in [1.807, 2.05) is 66.9 Å². The second-order valence-electron chi connectivity index (χ2n) is 6.93. The topological polar surface area (TPSA) is 71.3 Å². The van der Waals surface area contributed by atoms with Gasteiger partial charge in [0.15, 0.2) is 5.43 Å². The molecule has 2 N–H and O–H groups in total. The van der Waals surface area contributed by atoms with Gasteiger partial charge in [-0.25, -0.2) is 0 Å². The van der Waals surface area contributed by atoms with Gasteiger partial charge in [0, 0.05) is 23.7 Å². The second kappa shape index (κ2) is 8.85. The minimum atomic E-state index is -0.455. The molecule has 0 spiro atoms. The van der Waals surface area contributed by atoms with Crippen LogP contribution in [0, 0.1) is 6.92 Å². The molecule has 0 saturated heterocycles. The maximum absolute atomic E-state index is 13.3. The van der Waals surface area contributed by atoms with Crippen molar-refractivity contribution in [1.29, 1.82) is 0 Å². The van der Waals surface area contributed by atoms with E-state index in [0.717, 1.165) is 23.1 Å². The summed E-state index contributed by atoms with van der Waals surface area (Å²) in [7, 11) is 0. The summed E-state index contributed by atoms with van der Waals surface area (Å²) in [5.41, 5.74) is 3.03. The molecule has 0 radical (unpaired) electrons. The van der Waals surface area contributed by atoms with Crippen LogP contribution in [0.2, 0.25) is 0 Å². The smallest absolute Gasteiger partial charge is 0.243 e. The quantitative estimate of drug-likeness (QED) is 0.662. The first-order valence-electron chi connectivity index (χ1n) is 9.67. The van der Waals surface area contributed by atoms with Crippen molar-refractivity contribution in [2.24, 2.45) is 0 Å². The average Bonchev–Trinajstić information content (AvgIpc) is 2.71. The van der Waals surface area contributed by atoms with Crippen molar-refractivity contribution in [3.63, 3.8) is 0 Å². The van der Waals surface area contributed by atoms with E-state index in [-0.39, 0.29) is 24.5 Å².